The monoisotopic (exact) mass is 236 g/mol. The Morgan fingerprint density at radius 2 is 1.88 bits per heavy atom. The van der Waals surface area contributed by atoms with E-state index in [1.54, 1.807) is 0 Å². The number of piperidine rings is 1. The van der Waals surface area contributed by atoms with Crippen LogP contribution in [0, 0.1) is 17.8 Å². The molecular weight excluding hydrogens is 208 g/mol. The van der Waals surface area contributed by atoms with Crippen LogP contribution in [-0.4, -0.2) is 37.1 Å². The molecule has 1 saturated heterocycles. The average Bonchev–Trinajstić information content (AvgIpc) is 2.94. The lowest BCUT2D eigenvalue weighted by Crippen LogP contribution is -2.42. The molecule has 1 aliphatic heterocycles. The summed E-state index contributed by atoms with van der Waals surface area (Å²) in [5, 5.41) is 3.83. The molecule has 2 aliphatic carbocycles. The highest BCUT2D eigenvalue weighted by atomic mass is 15.1. The van der Waals surface area contributed by atoms with E-state index in [1.807, 2.05) is 0 Å². The summed E-state index contributed by atoms with van der Waals surface area (Å²) < 4.78 is 0. The molecule has 2 saturated carbocycles. The van der Waals surface area contributed by atoms with Crippen molar-refractivity contribution in [2.75, 3.05) is 26.2 Å². The molecule has 3 unspecified atom stereocenters. The highest BCUT2D eigenvalue weighted by Crippen LogP contribution is 2.44. The fraction of sp³-hybridized carbons (Fsp3) is 1.00. The van der Waals surface area contributed by atoms with Gasteiger partial charge in [-0.15, -0.1) is 0 Å². The zero-order chi connectivity index (χ0) is 11.7. The van der Waals surface area contributed by atoms with Crippen molar-refractivity contribution in [2.24, 2.45) is 17.8 Å². The van der Waals surface area contributed by atoms with Crippen molar-refractivity contribution in [2.45, 2.75) is 51.5 Å². The molecule has 0 aromatic heterocycles. The van der Waals surface area contributed by atoms with E-state index in [4.69, 9.17) is 0 Å². The van der Waals surface area contributed by atoms with E-state index in [2.05, 4.69) is 17.1 Å². The van der Waals surface area contributed by atoms with E-state index in [0.29, 0.717) is 0 Å². The Morgan fingerprint density at radius 1 is 1.06 bits per heavy atom. The lowest BCUT2D eigenvalue weighted by atomic mass is 9.95. The van der Waals surface area contributed by atoms with E-state index < -0.39 is 0 Å². The molecule has 2 heteroatoms. The van der Waals surface area contributed by atoms with Crippen molar-refractivity contribution in [1.82, 2.24) is 10.2 Å². The van der Waals surface area contributed by atoms with Crippen LogP contribution in [0.5, 0.6) is 0 Å². The number of hydrogen-bond acceptors (Lipinski definition) is 2. The van der Waals surface area contributed by atoms with Crippen LogP contribution in [-0.2, 0) is 0 Å². The second kappa shape index (κ2) is 5.27. The maximum atomic E-state index is 3.83. The predicted molar refractivity (Wildman–Crippen MR) is 72.1 cm³/mol. The molecule has 0 spiro atoms. The average molecular weight is 236 g/mol. The normalized spacial score (nSPS) is 39.0. The first-order valence-corrected chi connectivity index (χ1v) is 7.77. The Balaban J connectivity index is 1.33. The molecule has 0 radical (unpaired) electrons. The quantitative estimate of drug-likeness (QED) is 0.807. The Labute approximate surface area is 106 Å². The van der Waals surface area contributed by atoms with Crippen molar-refractivity contribution < 1.29 is 0 Å². The summed E-state index contributed by atoms with van der Waals surface area (Å²) in [4.78, 5) is 2.65. The zero-order valence-corrected chi connectivity index (χ0v) is 11.3. The minimum atomic E-state index is 0.873. The Hall–Kier alpha value is -0.0800. The van der Waals surface area contributed by atoms with Gasteiger partial charge in [0.05, 0.1) is 0 Å². The Bertz CT molecular complexity index is 245. The third kappa shape index (κ3) is 2.85. The summed E-state index contributed by atoms with van der Waals surface area (Å²) >= 11 is 0. The molecule has 98 valence electrons. The van der Waals surface area contributed by atoms with Crippen LogP contribution in [0.1, 0.15) is 45.4 Å². The lowest BCUT2D eigenvalue weighted by molar-refractivity contribution is 0.188. The summed E-state index contributed by atoms with van der Waals surface area (Å²) in [5.41, 5.74) is 0. The van der Waals surface area contributed by atoms with Gasteiger partial charge in [0.15, 0.2) is 0 Å². The van der Waals surface area contributed by atoms with Gasteiger partial charge in [-0.05, 0) is 62.9 Å². The number of rotatable bonds is 4. The lowest BCUT2D eigenvalue weighted by Gasteiger charge is -2.31. The number of fused-ring (bicyclic) bond motifs is 2. The zero-order valence-electron chi connectivity index (χ0n) is 11.3. The SMILES string of the molecule is CC1CCN(CCNC2CC3CCC2C3)CC1. The molecule has 3 aliphatic rings. The molecule has 2 nitrogen and oxygen atoms in total. The van der Waals surface area contributed by atoms with Gasteiger partial charge in [0.1, 0.15) is 0 Å². The van der Waals surface area contributed by atoms with Gasteiger partial charge in [-0.1, -0.05) is 13.3 Å². The molecular formula is C15H28N2. The summed E-state index contributed by atoms with van der Waals surface area (Å²) in [5.74, 6) is 3.07. The van der Waals surface area contributed by atoms with Gasteiger partial charge < -0.3 is 10.2 Å². The number of hydrogen-bond donors (Lipinski definition) is 1. The van der Waals surface area contributed by atoms with Crippen molar-refractivity contribution in [3.05, 3.63) is 0 Å². The summed E-state index contributed by atoms with van der Waals surface area (Å²) in [6.07, 6.45) is 8.85. The van der Waals surface area contributed by atoms with Crippen LogP contribution in [0.3, 0.4) is 0 Å². The van der Waals surface area contributed by atoms with Gasteiger partial charge in [-0.25, -0.2) is 0 Å². The van der Waals surface area contributed by atoms with E-state index in [1.165, 1.54) is 64.7 Å². The van der Waals surface area contributed by atoms with Gasteiger partial charge in [-0.3, -0.25) is 0 Å². The first-order chi connectivity index (χ1) is 8.31. The standard InChI is InChI=1S/C15H28N2/c1-12-4-7-17(8-5-12)9-6-16-15-11-13-2-3-14(15)10-13/h12-16H,2-11H2,1H3. The molecule has 3 rings (SSSR count). The number of likely N-dealkylation sites (tertiary alicyclic amines) is 1. The summed E-state index contributed by atoms with van der Waals surface area (Å²) in [6, 6.07) is 0.873. The largest absolute Gasteiger partial charge is 0.312 e. The Morgan fingerprint density at radius 3 is 2.53 bits per heavy atom. The molecule has 1 heterocycles. The van der Waals surface area contributed by atoms with Gasteiger partial charge in [0.25, 0.3) is 0 Å². The smallest absolute Gasteiger partial charge is 0.0107 e. The van der Waals surface area contributed by atoms with Crippen LogP contribution in [0.2, 0.25) is 0 Å². The topological polar surface area (TPSA) is 15.3 Å². The first kappa shape index (κ1) is 12.0. The number of nitrogens with one attached hydrogen (secondary N) is 1. The molecule has 3 atom stereocenters. The molecule has 17 heavy (non-hydrogen) atoms. The third-order valence-corrected chi connectivity index (χ3v) is 5.45. The van der Waals surface area contributed by atoms with Crippen molar-refractivity contribution >= 4 is 0 Å². The highest BCUT2D eigenvalue weighted by molar-refractivity contribution is 4.94. The fourth-order valence-electron chi connectivity index (χ4n) is 4.19. The Kier molecular flexibility index (Phi) is 3.72. The summed E-state index contributed by atoms with van der Waals surface area (Å²) in [6.45, 7) is 7.56. The maximum Gasteiger partial charge on any atom is 0.0107 e. The molecule has 3 fully saturated rings. The first-order valence-electron chi connectivity index (χ1n) is 7.77. The van der Waals surface area contributed by atoms with E-state index in [-0.39, 0.29) is 0 Å². The van der Waals surface area contributed by atoms with E-state index in [9.17, 15) is 0 Å². The van der Waals surface area contributed by atoms with Crippen molar-refractivity contribution in [3.8, 4) is 0 Å². The van der Waals surface area contributed by atoms with Gasteiger partial charge in [-0.2, -0.15) is 0 Å². The summed E-state index contributed by atoms with van der Waals surface area (Å²) in [7, 11) is 0. The van der Waals surface area contributed by atoms with Gasteiger partial charge in [0, 0.05) is 19.1 Å². The van der Waals surface area contributed by atoms with Gasteiger partial charge in [0.2, 0.25) is 0 Å². The molecule has 0 aromatic carbocycles. The molecule has 1 N–H and O–H groups in total. The predicted octanol–water partition coefficient (Wildman–Crippen LogP) is 2.50. The van der Waals surface area contributed by atoms with Crippen molar-refractivity contribution in [3.63, 3.8) is 0 Å². The highest BCUT2D eigenvalue weighted by Gasteiger charge is 2.38. The van der Waals surface area contributed by atoms with Crippen molar-refractivity contribution in [1.29, 1.82) is 0 Å². The van der Waals surface area contributed by atoms with E-state index >= 15 is 0 Å². The molecule has 2 bridgehead atoms. The van der Waals surface area contributed by atoms with Crippen LogP contribution in [0.15, 0.2) is 0 Å². The van der Waals surface area contributed by atoms with Crippen LogP contribution < -0.4 is 5.32 Å². The van der Waals surface area contributed by atoms with Gasteiger partial charge >= 0.3 is 0 Å². The maximum absolute atomic E-state index is 3.83. The van der Waals surface area contributed by atoms with Crippen LogP contribution >= 0.6 is 0 Å². The minimum Gasteiger partial charge on any atom is -0.312 e. The molecule has 0 amide bonds. The van der Waals surface area contributed by atoms with E-state index in [0.717, 1.165) is 23.8 Å². The molecule has 0 aromatic rings. The third-order valence-electron chi connectivity index (χ3n) is 5.45. The fourth-order valence-corrected chi connectivity index (χ4v) is 4.19. The van der Waals surface area contributed by atoms with Crippen LogP contribution in [0.25, 0.3) is 0 Å². The second-order valence-electron chi connectivity index (χ2n) is 6.76. The second-order valence-corrected chi connectivity index (χ2v) is 6.76. The minimum absolute atomic E-state index is 0.873. The van der Waals surface area contributed by atoms with Crippen LogP contribution in [0.4, 0.5) is 0 Å². The number of nitrogens with zero attached hydrogens (tertiary/aromatic N) is 1.